The second-order valence-corrected chi connectivity index (χ2v) is 7.84. The van der Waals surface area contributed by atoms with E-state index in [4.69, 9.17) is 0 Å². The molecule has 0 aliphatic heterocycles. The molecule has 0 spiro atoms. The number of hydrogen-bond donors (Lipinski definition) is 0. The molecule has 2 heteroatoms. The Labute approximate surface area is 127 Å². The predicted molar refractivity (Wildman–Crippen MR) is 83.5 cm³/mol. The van der Waals surface area contributed by atoms with E-state index in [0.717, 1.165) is 43.6 Å². The van der Waals surface area contributed by atoms with E-state index >= 15 is 0 Å². The van der Waals surface area contributed by atoms with Gasteiger partial charge in [0.15, 0.2) is 0 Å². The van der Waals surface area contributed by atoms with Gasteiger partial charge in [-0.15, -0.1) is 0 Å². The molecule has 1 aromatic carbocycles. The van der Waals surface area contributed by atoms with Gasteiger partial charge in [-0.3, -0.25) is 4.79 Å². The molecular weight excluding hydrogens is 258 g/mol. The minimum Gasteiger partial charge on any atom is -0.341 e. The van der Waals surface area contributed by atoms with Gasteiger partial charge in [0.25, 0.3) is 0 Å². The molecule has 0 saturated heterocycles. The van der Waals surface area contributed by atoms with E-state index in [1.54, 1.807) is 0 Å². The number of benzene rings is 1. The highest BCUT2D eigenvalue weighted by Crippen LogP contribution is 2.60. The van der Waals surface area contributed by atoms with Crippen molar-refractivity contribution in [1.29, 1.82) is 0 Å². The van der Waals surface area contributed by atoms with Gasteiger partial charge in [-0.2, -0.15) is 0 Å². The van der Waals surface area contributed by atoms with Crippen molar-refractivity contribution >= 4 is 5.91 Å². The monoisotopic (exact) mass is 283 g/mol. The van der Waals surface area contributed by atoms with Gasteiger partial charge in [0, 0.05) is 13.6 Å². The second kappa shape index (κ2) is 4.86. The molecular formula is C19H25NO. The molecule has 1 amide bonds. The van der Waals surface area contributed by atoms with Crippen LogP contribution in [-0.2, 0) is 11.3 Å². The summed E-state index contributed by atoms with van der Waals surface area (Å²) in [6.45, 7) is 0.751. The van der Waals surface area contributed by atoms with Crippen LogP contribution in [0.3, 0.4) is 0 Å². The summed E-state index contributed by atoms with van der Waals surface area (Å²) in [4.78, 5) is 15.1. The zero-order valence-corrected chi connectivity index (χ0v) is 12.9. The van der Waals surface area contributed by atoms with Crippen LogP contribution in [0.2, 0.25) is 0 Å². The first-order valence-corrected chi connectivity index (χ1v) is 8.44. The molecule has 21 heavy (non-hydrogen) atoms. The number of carbonyl (C=O) groups is 1. The van der Waals surface area contributed by atoms with Crippen molar-refractivity contribution in [2.45, 2.75) is 45.1 Å². The van der Waals surface area contributed by atoms with Crippen LogP contribution in [0, 0.1) is 23.2 Å². The maximum atomic E-state index is 13.1. The summed E-state index contributed by atoms with van der Waals surface area (Å²) in [5.74, 6) is 2.94. The Kier molecular flexibility index (Phi) is 3.09. The zero-order valence-electron chi connectivity index (χ0n) is 12.9. The standard InChI is InChI=1S/C19H25NO/c1-20(13-14-5-3-2-4-6-14)18(21)19-10-15-7-16(11-19)9-17(8-15)12-19/h2-6,15-17H,7-13H2,1H3. The Balaban J connectivity index is 1.51. The Morgan fingerprint density at radius 1 is 1.05 bits per heavy atom. The Morgan fingerprint density at radius 3 is 2.10 bits per heavy atom. The van der Waals surface area contributed by atoms with Gasteiger partial charge in [-0.1, -0.05) is 30.3 Å². The van der Waals surface area contributed by atoms with E-state index in [1.165, 1.54) is 24.8 Å². The van der Waals surface area contributed by atoms with E-state index < -0.39 is 0 Å². The van der Waals surface area contributed by atoms with Crippen molar-refractivity contribution in [1.82, 2.24) is 4.90 Å². The molecule has 2 nitrogen and oxygen atoms in total. The van der Waals surface area contributed by atoms with Crippen LogP contribution >= 0.6 is 0 Å². The highest BCUT2D eigenvalue weighted by molar-refractivity contribution is 5.83. The molecule has 5 rings (SSSR count). The fraction of sp³-hybridized carbons (Fsp3) is 0.632. The van der Waals surface area contributed by atoms with Crippen LogP contribution in [0.4, 0.5) is 0 Å². The third-order valence-electron chi connectivity index (χ3n) is 6.10. The molecule has 0 unspecified atom stereocenters. The van der Waals surface area contributed by atoms with Crippen molar-refractivity contribution in [3.05, 3.63) is 35.9 Å². The van der Waals surface area contributed by atoms with E-state index in [1.807, 2.05) is 18.0 Å². The molecule has 4 aliphatic carbocycles. The molecule has 4 aliphatic rings. The molecule has 0 radical (unpaired) electrons. The summed E-state index contributed by atoms with van der Waals surface area (Å²) in [6.07, 6.45) is 7.68. The molecule has 1 aromatic rings. The summed E-state index contributed by atoms with van der Waals surface area (Å²) in [5, 5.41) is 0. The van der Waals surface area contributed by atoms with Crippen LogP contribution < -0.4 is 0 Å². The van der Waals surface area contributed by atoms with E-state index in [2.05, 4.69) is 24.3 Å². The maximum absolute atomic E-state index is 13.1. The average Bonchev–Trinajstić information content (AvgIpc) is 2.46. The Bertz CT molecular complexity index is 500. The van der Waals surface area contributed by atoms with Gasteiger partial charge in [-0.25, -0.2) is 0 Å². The van der Waals surface area contributed by atoms with Gasteiger partial charge in [0.2, 0.25) is 5.91 Å². The van der Waals surface area contributed by atoms with Crippen LogP contribution in [0.1, 0.15) is 44.1 Å². The number of hydrogen-bond acceptors (Lipinski definition) is 1. The van der Waals surface area contributed by atoms with Gasteiger partial charge >= 0.3 is 0 Å². The van der Waals surface area contributed by atoms with E-state index in [9.17, 15) is 4.79 Å². The second-order valence-electron chi connectivity index (χ2n) is 7.84. The minimum absolute atomic E-state index is 0.00171. The molecule has 4 fully saturated rings. The SMILES string of the molecule is CN(Cc1ccccc1)C(=O)C12CC3CC(CC(C3)C1)C2. The highest BCUT2D eigenvalue weighted by atomic mass is 16.2. The van der Waals surface area contributed by atoms with Gasteiger partial charge in [0.05, 0.1) is 5.41 Å². The summed E-state index contributed by atoms with van der Waals surface area (Å²) in [5.41, 5.74) is 1.23. The average molecular weight is 283 g/mol. The normalized spacial score (nSPS) is 36.7. The quantitative estimate of drug-likeness (QED) is 0.825. The summed E-state index contributed by atoms with van der Waals surface area (Å²) in [6, 6.07) is 10.4. The lowest BCUT2D eigenvalue weighted by Gasteiger charge is -2.56. The molecule has 4 bridgehead atoms. The lowest BCUT2D eigenvalue weighted by Crippen LogP contribution is -2.53. The number of nitrogens with zero attached hydrogens (tertiary/aromatic N) is 1. The van der Waals surface area contributed by atoms with E-state index in [-0.39, 0.29) is 5.41 Å². The van der Waals surface area contributed by atoms with Crippen molar-refractivity contribution in [3.63, 3.8) is 0 Å². The van der Waals surface area contributed by atoms with Gasteiger partial charge < -0.3 is 4.90 Å². The Hall–Kier alpha value is -1.31. The fourth-order valence-electron chi connectivity index (χ4n) is 5.71. The van der Waals surface area contributed by atoms with Crippen molar-refractivity contribution in [2.24, 2.45) is 23.2 Å². The topological polar surface area (TPSA) is 20.3 Å². The first-order chi connectivity index (χ1) is 10.1. The lowest BCUT2D eigenvalue weighted by molar-refractivity contribution is -0.156. The summed E-state index contributed by atoms with van der Waals surface area (Å²) >= 11 is 0. The van der Waals surface area contributed by atoms with Gasteiger partial charge in [0.1, 0.15) is 0 Å². The first-order valence-electron chi connectivity index (χ1n) is 8.44. The summed E-state index contributed by atoms with van der Waals surface area (Å²) in [7, 11) is 1.99. The molecule has 0 heterocycles. The number of carbonyl (C=O) groups excluding carboxylic acids is 1. The zero-order chi connectivity index (χ0) is 14.4. The largest absolute Gasteiger partial charge is 0.341 e. The van der Waals surface area contributed by atoms with Crippen LogP contribution in [0.25, 0.3) is 0 Å². The lowest BCUT2D eigenvalue weighted by atomic mass is 9.49. The van der Waals surface area contributed by atoms with Crippen molar-refractivity contribution < 1.29 is 4.79 Å². The fourth-order valence-corrected chi connectivity index (χ4v) is 5.71. The molecule has 4 saturated carbocycles. The summed E-state index contributed by atoms with van der Waals surface area (Å²) < 4.78 is 0. The van der Waals surface area contributed by atoms with Crippen LogP contribution in [0.5, 0.6) is 0 Å². The van der Waals surface area contributed by atoms with Crippen LogP contribution in [0.15, 0.2) is 30.3 Å². The number of rotatable bonds is 3. The molecule has 0 atom stereocenters. The smallest absolute Gasteiger partial charge is 0.228 e. The molecule has 0 aromatic heterocycles. The number of amides is 1. The van der Waals surface area contributed by atoms with E-state index in [0.29, 0.717) is 5.91 Å². The first kappa shape index (κ1) is 13.4. The molecule has 112 valence electrons. The Morgan fingerprint density at radius 2 is 1.57 bits per heavy atom. The predicted octanol–water partition coefficient (Wildman–Crippen LogP) is 3.86. The minimum atomic E-state index is -0.00171. The molecule has 0 N–H and O–H groups in total. The highest BCUT2D eigenvalue weighted by Gasteiger charge is 2.55. The third kappa shape index (κ3) is 2.29. The van der Waals surface area contributed by atoms with Gasteiger partial charge in [-0.05, 0) is 61.8 Å². The van der Waals surface area contributed by atoms with Crippen molar-refractivity contribution in [2.75, 3.05) is 7.05 Å². The van der Waals surface area contributed by atoms with Crippen molar-refractivity contribution in [3.8, 4) is 0 Å². The van der Waals surface area contributed by atoms with Crippen LogP contribution in [-0.4, -0.2) is 17.9 Å². The maximum Gasteiger partial charge on any atom is 0.228 e. The third-order valence-corrected chi connectivity index (χ3v) is 6.10.